The predicted molar refractivity (Wildman–Crippen MR) is 90.3 cm³/mol. The van der Waals surface area contributed by atoms with Crippen molar-refractivity contribution in [2.24, 2.45) is 5.41 Å². The summed E-state index contributed by atoms with van der Waals surface area (Å²) < 4.78 is 0.939. The second-order valence-corrected chi connectivity index (χ2v) is 8.38. The summed E-state index contributed by atoms with van der Waals surface area (Å²) in [5.74, 6) is 2.69. The zero-order valence-corrected chi connectivity index (χ0v) is 14.7. The molecule has 21 heavy (non-hydrogen) atoms. The zero-order chi connectivity index (χ0) is 15.0. The fourth-order valence-corrected chi connectivity index (χ4v) is 4.31. The van der Waals surface area contributed by atoms with E-state index in [1.807, 2.05) is 0 Å². The third kappa shape index (κ3) is 3.25. The lowest BCUT2D eigenvalue weighted by atomic mass is 9.73. The van der Waals surface area contributed by atoms with E-state index in [2.05, 4.69) is 34.8 Å². The van der Waals surface area contributed by atoms with Crippen molar-refractivity contribution in [3.63, 3.8) is 0 Å². The van der Waals surface area contributed by atoms with E-state index in [0.717, 1.165) is 10.3 Å². The Labute approximate surface area is 136 Å². The Morgan fingerprint density at radius 3 is 2.24 bits per heavy atom. The normalized spacial score (nSPS) is 23.6. The molecule has 4 heteroatoms. The van der Waals surface area contributed by atoms with Crippen LogP contribution in [0.25, 0.3) is 0 Å². The monoisotopic (exact) mass is 351 g/mol. The third-order valence-electron chi connectivity index (χ3n) is 5.37. The van der Waals surface area contributed by atoms with E-state index in [9.17, 15) is 0 Å². The van der Waals surface area contributed by atoms with E-state index in [-0.39, 0.29) is 0 Å². The van der Waals surface area contributed by atoms with Crippen LogP contribution in [0.15, 0.2) is 4.47 Å². The molecule has 0 saturated heterocycles. The molecule has 0 atom stereocenters. The topological polar surface area (TPSA) is 51.8 Å². The summed E-state index contributed by atoms with van der Waals surface area (Å²) in [4.78, 5) is 9.54. The number of rotatable bonds is 2. The first-order valence-electron chi connectivity index (χ1n) is 8.29. The summed E-state index contributed by atoms with van der Waals surface area (Å²) in [6, 6.07) is 0. The highest BCUT2D eigenvalue weighted by molar-refractivity contribution is 9.10. The second-order valence-electron chi connectivity index (χ2n) is 7.59. The molecule has 0 spiro atoms. The molecule has 2 saturated carbocycles. The Hall–Kier alpha value is -0.640. The average molecular weight is 352 g/mol. The lowest BCUT2D eigenvalue weighted by molar-refractivity contribution is 0.220. The molecule has 2 fully saturated rings. The maximum atomic E-state index is 6.15. The molecule has 1 heterocycles. The molecular formula is C17H26BrN3. The SMILES string of the molecule is CC1(C)CCC(c2nc(N)c(Br)c(C3CCCC3)n2)CC1. The fraction of sp³-hybridized carbons (Fsp3) is 0.765. The molecule has 1 aromatic rings. The molecule has 0 radical (unpaired) electrons. The highest BCUT2D eigenvalue weighted by Gasteiger charge is 2.31. The lowest BCUT2D eigenvalue weighted by Gasteiger charge is -2.33. The minimum Gasteiger partial charge on any atom is -0.383 e. The Kier molecular flexibility index (Phi) is 4.26. The molecule has 0 unspecified atom stereocenters. The zero-order valence-electron chi connectivity index (χ0n) is 13.2. The van der Waals surface area contributed by atoms with Gasteiger partial charge in [-0.25, -0.2) is 9.97 Å². The van der Waals surface area contributed by atoms with Gasteiger partial charge in [-0.15, -0.1) is 0 Å². The molecule has 0 bridgehead atoms. The lowest BCUT2D eigenvalue weighted by Crippen LogP contribution is -2.22. The third-order valence-corrected chi connectivity index (χ3v) is 6.18. The van der Waals surface area contributed by atoms with Crippen molar-refractivity contribution in [2.45, 2.75) is 77.0 Å². The molecule has 2 aliphatic rings. The van der Waals surface area contributed by atoms with Gasteiger partial charge in [-0.05, 0) is 59.9 Å². The van der Waals surface area contributed by atoms with Gasteiger partial charge in [0.1, 0.15) is 11.6 Å². The highest BCUT2D eigenvalue weighted by Crippen LogP contribution is 2.43. The van der Waals surface area contributed by atoms with Crippen LogP contribution in [-0.2, 0) is 0 Å². The summed E-state index contributed by atoms with van der Waals surface area (Å²) >= 11 is 3.62. The Bertz CT molecular complexity index is 511. The van der Waals surface area contributed by atoms with E-state index < -0.39 is 0 Å². The van der Waals surface area contributed by atoms with Gasteiger partial charge in [0.15, 0.2) is 0 Å². The quantitative estimate of drug-likeness (QED) is 0.800. The standard InChI is InChI=1S/C17H26BrN3/c1-17(2)9-7-12(8-10-17)16-20-14(11-5-3-4-6-11)13(18)15(19)21-16/h11-12H,3-10H2,1-2H3,(H2,19,20,21). The predicted octanol–water partition coefficient (Wildman–Crippen LogP) is 5.16. The van der Waals surface area contributed by atoms with Crippen LogP contribution < -0.4 is 5.73 Å². The number of hydrogen-bond acceptors (Lipinski definition) is 3. The number of aromatic nitrogens is 2. The molecule has 3 nitrogen and oxygen atoms in total. The first-order valence-corrected chi connectivity index (χ1v) is 9.08. The average Bonchev–Trinajstić information content (AvgIpc) is 2.95. The van der Waals surface area contributed by atoms with Gasteiger partial charge in [0, 0.05) is 11.8 Å². The van der Waals surface area contributed by atoms with Crippen LogP contribution in [-0.4, -0.2) is 9.97 Å². The van der Waals surface area contributed by atoms with Crippen molar-refractivity contribution in [3.05, 3.63) is 16.0 Å². The van der Waals surface area contributed by atoms with Crippen molar-refractivity contribution in [1.82, 2.24) is 9.97 Å². The Morgan fingerprint density at radius 1 is 1.00 bits per heavy atom. The van der Waals surface area contributed by atoms with Crippen LogP contribution in [0.2, 0.25) is 0 Å². The van der Waals surface area contributed by atoms with Crippen LogP contribution in [0, 0.1) is 5.41 Å². The van der Waals surface area contributed by atoms with E-state index in [1.165, 1.54) is 57.1 Å². The fourth-order valence-electron chi connectivity index (χ4n) is 3.81. The van der Waals surface area contributed by atoms with Gasteiger partial charge in [-0.1, -0.05) is 26.7 Å². The van der Waals surface area contributed by atoms with Gasteiger partial charge in [0.05, 0.1) is 10.2 Å². The van der Waals surface area contributed by atoms with Gasteiger partial charge < -0.3 is 5.73 Å². The minimum absolute atomic E-state index is 0.478. The van der Waals surface area contributed by atoms with E-state index in [4.69, 9.17) is 10.7 Å². The Morgan fingerprint density at radius 2 is 1.62 bits per heavy atom. The Balaban J connectivity index is 1.86. The second kappa shape index (κ2) is 5.86. The van der Waals surface area contributed by atoms with Crippen LogP contribution in [0.4, 0.5) is 5.82 Å². The molecule has 0 amide bonds. The first-order chi connectivity index (χ1) is 9.96. The molecule has 2 aliphatic carbocycles. The van der Waals surface area contributed by atoms with Crippen LogP contribution in [0.3, 0.4) is 0 Å². The van der Waals surface area contributed by atoms with E-state index >= 15 is 0 Å². The maximum Gasteiger partial charge on any atom is 0.141 e. The van der Waals surface area contributed by atoms with E-state index in [0.29, 0.717) is 23.1 Å². The van der Waals surface area contributed by atoms with Crippen molar-refractivity contribution >= 4 is 21.7 Å². The smallest absolute Gasteiger partial charge is 0.141 e. The number of halogens is 1. The molecule has 116 valence electrons. The molecular weight excluding hydrogens is 326 g/mol. The van der Waals surface area contributed by atoms with Crippen LogP contribution >= 0.6 is 15.9 Å². The molecule has 0 aromatic carbocycles. The van der Waals surface area contributed by atoms with Crippen molar-refractivity contribution in [3.8, 4) is 0 Å². The number of hydrogen-bond donors (Lipinski definition) is 1. The highest BCUT2D eigenvalue weighted by atomic mass is 79.9. The van der Waals surface area contributed by atoms with Crippen LogP contribution in [0.1, 0.15) is 88.6 Å². The number of nitrogen functional groups attached to an aromatic ring is 1. The summed E-state index contributed by atoms with van der Waals surface area (Å²) in [6.07, 6.45) is 10.0. The maximum absolute atomic E-state index is 6.15. The molecule has 1 aromatic heterocycles. The van der Waals surface area contributed by atoms with Gasteiger partial charge in [-0.2, -0.15) is 0 Å². The number of anilines is 1. The molecule has 3 rings (SSSR count). The largest absolute Gasteiger partial charge is 0.383 e. The van der Waals surface area contributed by atoms with Gasteiger partial charge in [0.25, 0.3) is 0 Å². The van der Waals surface area contributed by atoms with Crippen molar-refractivity contribution in [1.29, 1.82) is 0 Å². The number of nitrogens with two attached hydrogens (primary N) is 1. The van der Waals surface area contributed by atoms with Crippen molar-refractivity contribution in [2.75, 3.05) is 5.73 Å². The number of nitrogens with zero attached hydrogens (tertiary/aromatic N) is 2. The summed E-state index contributed by atoms with van der Waals surface area (Å²) in [5, 5.41) is 0. The minimum atomic E-state index is 0.478. The molecule has 0 aliphatic heterocycles. The molecule has 2 N–H and O–H groups in total. The van der Waals surface area contributed by atoms with Crippen LogP contribution in [0.5, 0.6) is 0 Å². The van der Waals surface area contributed by atoms with Crippen molar-refractivity contribution < 1.29 is 0 Å². The summed E-state index contributed by atoms with van der Waals surface area (Å²) in [6.45, 7) is 4.73. The van der Waals surface area contributed by atoms with Gasteiger partial charge >= 0.3 is 0 Å². The van der Waals surface area contributed by atoms with Gasteiger partial charge in [-0.3, -0.25) is 0 Å². The summed E-state index contributed by atoms with van der Waals surface area (Å²) in [7, 11) is 0. The first kappa shape index (κ1) is 15.3. The van der Waals surface area contributed by atoms with Gasteiger partial charge in [0.2, 0.25) is 0 Å². The summed E-state index contributed by atoms with van der Waals surface area (Å²) in [5.41, 5.74) is 7.80. The van der Waals surface area contributed by atoms with E-state index in [1.54, 1.807) is 0 Å².